The number of nitrogens with one attached hydrogen (secondary N) is 2. The summed E-state index contributed by atoms with van der Waals surface area (Å²) in [6, 6.07) is 2.56. The van der Waals surface area contributed by atoms with Crippen LogP contribution in [0.2, 0.25) is 5.02 Å². The summed E-state index contributed by atoms with van der Waals surface area (Å²) < 4.78 is 70.4. The van der Waals surface area contributed by atoms with Crippen LogP contribution >= 0.6 is 11.6 Å². The van der Waals surface area contributed by atoms with Gasteiger partial charge in [-0.05, 0) is 23.6 Å². The van der Waals surface area contributed by atoms with Crippen LogP contribution in [0.4, 0.5) is 27.6 Å². The van der Waals surface area contributed by atoms with Crippen molar-refractivity contribution in [3.05, 3.63) is 80.1 Å². The summed E-state index contributed by atoms with van der Waals surface area (Å²) in [5.74, 6) is -0.739. The van der Waals surface area contributed by atoms with Gasteiger partial charge in [-0.2, -0.15) is 18.3 Å². The van der Waals surface area contributed by atoms with Crippen LogP contribution in [0.15, 0.2) is 52.6 Å². The van der Waals surface area contributed by atoms with Gasteiger partial charge >= 0.3 is 6.18 Å². The molecule has 0 aliphatic rings. The first-order chi connectivity index (χ1) is 18.0. The molecule has 3 heterocycles. The van der Waals surface area contributed by atoms with E-state index in [1.165, 1.54) is 30.7 Å². The highest BCUT2D eigenvalue weighted by Gasteiger charge is 2.38. The Bertz CT molecular complexity index is 1580. The number of aromatic amines is 1. The lowest BCUT2D eigenvalue weighted by Crippen LogP contribution is -2.33. The third-order valence-electron chi connectivity index (χ3n) is 5.58. The number of aliphatic hydroxyl groups is 1. The fourth-order valence-electron chi connectivity index (χ4n) is 3.86. The van der Waals surface area contributed by atoms with E-state index in [2.05, 4.69) is 20.4 Å². The van der Waals surface area contributed by atoms with Crippen LogP contribution < -0.4 is 16.4 Å². The van der Waals surface area contributed by atoms with Gasteiger partial charge in [0.05, 0.1) is 47.1 Å². The van der Waals surface area contributed by atoms with Crippen LogP contribution in [0.1, 0.15) is 12.0 Å². The maximum Gasteiger partial charge on any atom is 0.423 e. The van der Waals surface area contributed by atoms with Gasteiger partial charge in [0.25, 0.3) is 11.1 Å². The number of aliphatic hydroxyl groups excluding tert-OH is 1. The van der Waals surface area contributed by atoms with Crippen molar-refractivity contribution < 1.29 is 27.1 Å². The van der Waals surface area contributed by atoms with Crippen molar-refractivity contribution in [2.75, 3.05) is 11.9 Å². The number of anilines is 1. The molecule has 0 unspecified atom stereocenters. The molecule has 2 atom stereocenters. The number of hydrogen-bond acceptors (Lipinski definition) is 7. The standard InChI is InChI=1S/C23H18ClF5N6O3/c24-12-6-30-20(31-7-12)16-3-11-1-2-35(22(38)15(11)5-17(16)26)9-13(25)4-14(10-36)33-18-8-32-34-21(37)19(18)23(27,28)29/h1-3,5-8,13-14,36H,4,9-10H2,(H2,33,34,37)/t13-,14-/m1/s1. The molecule has 200 valence electrons. The number of halogens is 6. The van der Waals surface area contributed by atoms with Crippen molar-refractivity contribution >= 4 is 28.1 Å². The molecular weight excluding hydrogens is 539 g/mol. The van der Waals surface area contributed by atoms with Crippen LogP contribution in [-0.4, -0.2) is 48.7 Å². The van der Waals surface area contributed by atoms with Crippen molar-refractivity contribution in [2.45, 2.75) is 31.4 Å². The van der Waals surface area contributed by atoms with Crippen LogP contribution in [0, 0.1) is 5.82 Å². The van der Waals surface area contributed by atoms with Crippen LogP contribution in [0.25, 0.3) is 22.2 Å². The van der Waals surface area contributed by atoms with E-state index in [0.29, 0.717) is 11.6 Å². The van der Waals surface area contributed by atoms with E-state index >= 15 is 0 Å². The molecule has 0 radical (unpaired) electrons. The predicted octanol–water partition coefficient (Wildman–Crippen LogP) is 3.55. The fourth-order valence-corrected chi connectivity index (χ4v) is 3.95. The minimum Gasteiger partial charge on any atom is -0.394 e. The molecule has 0 spiro atoms. The van der Waals surface area contributed by atoms with E-state index in [1.54, 1.807) is 5.10 Å². The second-order valence-electron chi connectivity index (χ2n) is 8.26. The maximum absolute atomic E-state index is 14.9. The zero-order chi connectivity index (χ0) is 27.6. The molecule has 4 aromatic rings. The molecule has 0 aliphatic heterocycles. The molecule has 0 amide bonds. The zero-order valence-corrected chi connectivity index (χ0v) is 19.9. The largest absolute Gasteiger partial charge is 0.423 e. The Kier molecular flexibility index (Phi) is 7.73. The third kappa shape index (κ3) is 5.81. The summed E-state index contributed by atoms with van der Waals surface area (Å²) in [5.41, 5.74) is -4.49. The lowest BCUT2D eigenvalue weighted by atomic mass is 10.1. The number of rotatable bonds is 8. The Morgan fingerprint density at radius 2 is 1.87 bits per heavy atom. The Morgan fingerprint density at radius 1 is 1.16 bits per heavy atom. The Balaban J connectivity index is 1.54. The summed E-state index contributed by atoms with van der Waals surface area (Å²) in [6.45, 7) is -1.31. The summed E-state index contributed by atoms with van der Waals surface area (Å²) in [6.07, 6.45) is -2.80. The Hall–Kier alpha value is -3.91. The predicted molar refractivity (Wildman–Crippen MR) is 128 cm³/mol. The lowest BCUT2D eigenvalue weighted by molar-refractivity contribution is -0.138. The van der Waals surface area contributed by atoms with Crippen LogP contribution in [0.5, 0.6) is 0 Å². The number of hydrogen-bond donors (Lipinski definition) is 3. The van der Waals surface area contributed by atoms with Crippen molar-refractivity contribution in [3.63, 3.8) is 0 Å². The van der Waals surface area contributed by atoms with Crippen molar-refractivity contribution in [3.8, 4) is 11.4 Å². The molecule has 0 aliphatic carbocycles. The molecule has 0 saturated carbocycles. The van der Waals surface area contributed by atoms with E-state index in [1.807, 2.05) is 0 Å². The molecule has 0 fully saturated rings. The number of pyridine rings is 1. The normalized spacial score (nSPS) is 13.4. The highest BCUT2D eigenvalue weighted by molar-refractivity contribution is 6.30. The highest BCUT2D eigenvalue weighted by atomic mass is 35.5. The van der Waals surface area contributed by atoms with Gasteiger partial charge in [-0.1, -0.05) is 11.6 Å². The Labute approximate surface area is 214 Å². The average molecular weight is 557 g/mol. The first kappa shape index (κ1) is 27.1. The molecule has 38 heavy (non-hydrogen) atoms. The van der Waals surface area contributed by atoms with Crippen molar-refractivity contribution in [1.82, 2.24) is 24.7 Å². The Morgan fingerprint density at radius 3 is 2.53 bits per heavy atom. The fraction of sp³-hybridized carbons (Fsp3) is 0.261. The van der Waals surface area contributed by atoms with Gasteiger partial charge in [-0.15, -0.1) is 0 Å². The van der Waals surface area contributed by atoms with E-state index < -0.39 is 66.1 Å². The number of fused-ring (bicyclic) bond motifs is 1. The summed E-state index contributed by atoms with van der Waals surface area (Å²) in [4.78, 5) is 32.4. The number of alkyl halides is 4. The first-order valence-electron chi connectivity index (χ1n) is 10.9. The number of nitrogens with zero attached hydrogens (tertiary/aromatic N) is 4. The van der Waals surface area contributed by atoms with E-state index in [0.717, 1.165) is 10.6 Å². The van der Waals surface area contributed by atoms with E-state index in [9.17, 15) is 36.6 Å². The van der Waals surface area contributed by atoms with Gasteiger partial charge in [0.1, 0.15) is 17.6 Å². The summed E-state index contributed by atoms with van der Waals surface area (Å²) >= 11 is 5.75. The molecule has 3 N–H and O–H groups in total. The highest BCUT2D eigenvalue weighted by Crippen LogP contribution is 2.32. The van der Waals surface area contributed by atoms with Gasteiger partial charge in [0.2, 0.25) is 0 Å². The van der Waals surface area contributed by atoms with E-state index in [-0.39, 0.29) is 21.8 Å². The number of benzene rings is 1. The van der Waals surface area contributed by atoms with Gasteiger partial charge < -0.3 is 15.0 Å². The summed E-state index contributed by atoms with van der Waals surface area (Å²) in [7, 11) is 0. The monoisotopic (exact) mass is 556 g/mol. The molecular formula is C23H18ClF5N6O3. The molecule has 3 aromatic heterocycles. The van der Waals surface area contributed by atoms with Crippen LogP contribution in [0.3, 0.4) is 0 Å². The SMILES string of the molecule is O=c1[nH]ncc(N[C@@H](CO)C[C@@H](F)Cn2ccc3cc(-c4ncc(Cl)cn4)c(F)cc3c2=O)c1C(F)(F)F. The smallest absolute Gasteiger partial charge is 0.394 e. The maximum atomic E-state index is 14.9. The van der Waals surface area contributed by atoms with Crippen molar-refractivity contribution in [1.29, 1.82) is 0 Å². The molecule has 0 saturated heterocycles. The first-order valence-corrected chi connectivity index (χ1v) is 11.3. The topological polar surface area (TPSA) is 126 Å². The quantitative estimate of drug-likeness (QED) is 0.283. The number of aromatic nitrogens is 5. The molecule has 1 aromatic carbocycles. The number of H-pyrrole nitrogens is 1. The van der Waals surface area contributed by atoms with Gasteiger partial charge in [-0.3, -0.25) is 9.59 Å². The molecule has 0 bridgehead atoms. The second-order valence-corrected chi connectivity index (χ2v) is 8.70. The van der Waals surface area contributed by atoms with Gasteiger partial charge in [-0.25, -0.2) is 23.8 Å². The minimum atomic E-state index is -5.03. The van der Waals surface area contributed by atoms with Crippen molar-refractivity contribution in [2.24, 2.45) is 0 Å². The van der Waals surface area contributed by atoms with E-state index in [4.69, 9.17) is 11.6 Å². The van der Waals surface area contributed by atoms with Gasteiger partial charge in [0, 0.05) is 25.0 Å². The molecule has 9 nitrogen and oxygen atoms in total. The zero-order valence-electron chi connectivity index (χ0n) is 19.1. The minimum absolute atomic E-state index is 0.0269. The molecule has 4 rings (SSSR count). The lowest BCUT2D eigenvalue weighted by Gasteiger charge is -2.22. The second kappa shape index (κ2) is 10.8. The average Bonchev–Trinajstić information content (AvgIpc) is 2.85. The summed E-state index contributed by atoms with van der Waals surface area (Å²) in [5, 5.41) is 17.4. The van der Waals surface area contributed by atoms with Crippen LogP contribution in [-0.2, 0) is 12.7 Å². The molecule has 15 heteroatoms. The third-order valence-corrected chi connectivity index (χ3v) is 5.78. The van der Waals surface area contributed by atoms with Gasteiger partial charge in [0.15, 0.2) is 5.82 Å².